The van der Waals surface area contributed by atoms with E-state index in [1.54, 1.807) is 22.3 Å². The molecule has 0 bridgehead atoms. The Labute approximate surface area is 293 Å². The van der Waals surface area contributed by atoms with Gasteiger partial charge in [-0.1, -0.05) is 0 Å². The second-order valence-corrected chi connectivity index (χ2v) is 45.4. The summed E-state index contributed by atoms with van der Waals surface area (Å²) in [6.07, 6.45) is 7.88. The van der Waals surface area contributed by atoms with Gasteiger partial charge in [0.25, 0.3) is 0 Å². The molecule has 1 saturated carbocycles. The Hall–Kier alpha value is -2.94. The van der Waals surface area contributed by atoms with Gasteiger partial charge in [-0.25, -0.2) is 0 Å². The van der Waals surface area contributed by atoms with E-state index < -0.39 is 17.4 Å². The molecular weight excluding hydrogens is 709 g/mol. The second kappa shape index (κ2) is 11.6. The van der Waals surface area contributed by atoms with Gasteiger partial charge in [-0.2, -0.15) is 0 Å². The van der Waals surface area contributed by atoms with Gasteiger partial charge in [0.15, 0.2) is 0 Å². The number of fused-ring (bicyclic) bond motifs is 5. The molecule has 1 heterocycles. The minimum atomic E-state index is -3.67. The van der Waals surface area contributed by atoms with Crippen LogP contribution in [-0.2, 0) is 17.4 Å². The maximum atomic E-state index is 2.79. The van der Waals surface area contributed by atoms with Gasteiger partial charge in [-0.05, 0) is 0 Å². The number of aromatic nitrogens is 1. The molecule has 0 N–H and O–H groups in total. The van der Waals surface area contributed by atoms with Gasteiger partial charge in [0, 0.05) is 0 Å². The van der Waals surface area contributed by atoms with Crippen LogP contribution in [0.5, 0.6) is 0 Å². The van der Waals surface area contributed by atoms with Crippen molar-refractivity contribution in [1.29, 1.82) is 0 Å². The molecule has 0 aliphatic heterocycles. The van der Waals surface area contributed by atoms with Crippen LogP contribution < -0.4 is 0 Å². The average molecular weight is 750 g/mol. The zero-order chi connectivity index (χ0) is 30.5. The molecule has 0 radical (unpaired) electrons. The predicted molar refractivity (Wildman–Crippen MR) is 207 cm³/mol. The summed E-state index contributed by atoms with van der Waals surface area (Å²) in [6.45, 7) is 4.90. The molecule has 47 heavy (non-hydrogen) atoms. The Morgan fingerprint density at radius 2 is 1.19 bits per heavy atom. The number of rotatable bonds is 5. The van der Waals surface area contributed by atoms with Crippen molar-refractivity contribution in [3.8, 4) is 16.8 Å². The van der Waals surface area contributed by atoms with Gasteiger partial charge >= 0.3 is 270 Å². The number of nitrogens with zero attached hydrogens (tertiary/aromatic N) is 1. The van der Waals surface area contributed by atoms with Gasteiger partial charge in [0.1, 0.15) is 0 Å². The van der Waals surface area contributed by atoms with Gasteiger partial charge < -0.3 is 0 Å². The van der Waals surface area contributed by atoms with E-state index in [9.17, 15) is 0 Å². The number of halogens is 2. The van der Waals surface area contributed by atoms with Crippen LogP contribution in [0.2, 0.25) is 9.26 Å². The van der Waals surface area contributed by atoms with Crippen molar-refractivity contribution in [2.75, 3.05) is 0 Å². The van der Waals surface area contributed by atoms with E-state index in [2.05, 4.69) is 155 Å². The SMILES string of the molecule is CC1=Cc2c(-c3ccccc3)cccc2[CH]1[Zr]([CH3])([CH3])(=[SiH2])[CH]1C(C2CC2)=Cc2c1cccc2-n1c2ccccc2c2ccccc21.Cl.Cl. The zero-order valence-corrected chi connectivity index (χ0v) is 32.7. The average Bonchev–Trinajstić information content (AvgIpc) is 3.58. The van der Waals surface area contributed by atoms with Crippen molar-refractivity contribution < 1.29 is 17.4 Å². The molecule has 0 saturated heterocycles. The maximum Gasteiger partial charge on any atom is -0.147 e. The minimum Gasteiger partial charge on any atom is -0.147 e. The van der Waals surface area contributed by atoms with E-state index in [1.165, 1.54) is 62.6 Å². The molecule has 236 valence electrons. The molecular formula is C42H41Cl2NSiZr. The van der Waals surface area contributed by atoms with Crippen molar-refractivity contribution in [2.45, 2.75) is 36.3 Å². The summed E-state index contributed by atoms with van der Waals surface area (Å²) in [5.74, 6) is 0.728. The summed E-state index contributed by atoms with van der Waals surface area (Å²) in [7, 11) is 0. The summed E-state index contributed by atoms with van der Waals surface area (Å²) in [5.41, 5.74) is 16.0. The van der Waals surface area contributed by atoms with E-state index in [0.29, 0.717) is 7.25 Å². The van der Waals surface area contributed by atoms with Crippen LogP contribution in [0, 0.1) is 5.92 Å². The standard InChI is InChI=1S/C24H18N.C16H13.2CH3.2ClH.H2Si.Zr/c1-3-9-22-19(7-1)20-8-2-4-10-23(20)25(22)24-11-5-6-17-14-18(15-21(17)24)16-12-13-16;1-12-10-14-8-5-9-15(16(14)11-12)13-6-3-2-4-7-13;;;;;;/h1-11,14-16H,12-13H2;2-11H,1H3;2*1H3;2*1H;1H2;. The van der Waals surface area contributed by atoms with Gasteiger partial charge in [-0.15, -0.1) is 24.8 Å². The molecule has 0 amide bonds. The Morgan fingerprint density at radius 1 is 0.617 bits per heavy atom. The summed E-state index contributed by atoms with van der Waals surface area (Å²) in [6, 6.07) is 43.2. The predicted octanol–water partition coefficient (Wildman–Crippen LogP) is 11.6. The van der Waals surface area contributed by atoms with Crippen LogP contribution >= 0.6 is 24.8 Å². The quantitative estimate of drug-likeness (QED) is 0.155. The fourth-order valence-corrected chi connectivity index (χ4v) is 29.8. The molecule has 1 aromatic heterocycles. The largest absolute Gasteiger partial charge is 0.147 e. The van der Waals surface area contributed by atoms with Gasteiger partial charge in [-0.3, -0.25) is 0 Å². The Bertz CT molecular complexity index is 2280. The molecule has 3 aliphatic carbocycles. The third-order valence-corrected chi connectivity index (χ3v) is 28.8. The fraction of sp³-hybridized carbons (Fsp3) is 0.190. The van der Waals surface area contributed by atoms with E-state index >= 15 is 0 Å². The number of para-hydroxylation sites is 2. The van der Waals surface area contributed by atoms with E-state index in [4.69, 9.17) is 0 Å². The Balaban J connectivity index is 0.00000176. The van der Waals surface area contributed by atoms with Gasteiger partial charge in [0.05, 0.1) is 0 Å². The molecule has 3 aliphatic rings. The van der Waals surface area contributed by atoms with Crippen LogP contribution in [0.4, 0.5) is 0 Å². The normalized spacial score (nSPS) is 18.6. The third kappa shape index (κ3) is 4.87. The maximum absolute atomic E-state index is 3.67. The smallest absolute Gasteiger partial charge is 0.147 e. The number of hydrogen-bond acceptors (Lipinski definition) is 0. The molecule has 1 nitrogen and oxygen atoms in total. The first-order valence-corrected chi connectivity index (χ1v) is 30.2. The first-order chi connectivity index (χ1) is 21.8. The molecule has 5 heteroatoms. The minimum absolute atomic E-state index is 0. The zero-order valence-electron chi connectivity index (χ0n) is 27.2. The van der Waals surface area contributed by atoms with Crippen molar-refractivity contribution in [3.63, 3.8) is 0 Å². The first-order valence-electron chi connectivity index (χ1n) is 16.6. The number of benzene rings is 5. The molecule has 1 fully saturated rings. The molecule has 6 aromatic rings. The monoisotopic (exact) mass is 747 g/mol. The Morgan fingerprint density at radius 3 is 1.83 bits per heavy atom. The summed E-state index contributed by atoms with van der Waals surface area (Å²) >= 11 is -3.67. The second-order valence-electron chi connectivity index (χ2n) is 14.9. The van der Waals surface area contributed by atoms with Crippen LogP contribution in [0.3, 0.4) is 0 Å². The number of hydrogen-bond donors (Lipinski definition) is 0. The molecule has 5 aromatic carbocycles. The molecule has 9 rings (SSSR count). The van der Waals surface area contributed by atoms with E-state index in [1.807, 2.05) is 0 Å². The van der Waals surface area contributed by atoms with E-state index in [0.717, 1.165) is 5.92 Å². The van der Waals surface area contributed by atoms with Gasteiger partial charge in [0.2, 0.25) is 0 Å². The van der Waals surface area contributed by atoms with Crippen molar-refractivity contribution in [1.82, 2.24) is 4.57 Å². The van der Waals surface area contributed by atoms with Crippen LogP contribution in [0.1, 0.15) is 49.3 Å². The molecule has 2 atom stereocenters. The summed E-state index contributed by atoms with van der Waals surface area (Å²) in [4.78, 5) is 0. The van der Waals surface area contributed by atoms with Crippen LogP contribution in [0.15, 0.2) is 126 Å². The summed E-state index contributed by atoms with van der Waals surface area (Å²) in [5, 5.41) is 2.66. The van der Waals surface area contributed by atoms with E-state index in [-0.39, 0.29) is 24.8 Å². The van der Waals surface area contributed by atoms with Crippen molar-refractivity contribution in [3.05, 3.63) is 149 Å². The topological polar surface area (TPSA) is 4.93 Å². The Kier molecular flexibility index (Phi) is 8.04. The third-order valence-electron chi connectivity index (χ3n) is 11.2. The number of allylic oxidation sites excluding steroid dienone is 2. The molecule has 0 spiro atoms. The fourth-order valence-electron chi connectivity index (χ4n) is 9.46. The first kappa shape index (κ1) is 32.6. The molecule has 2 unspecified atom stereocenters. The summed E-state index contributed by atoms with van der Waals surface area (Å²) < 4.78 is 9.19. The van der Waals surface area contributed by atoms with Crippen LogP contribution in [0.25, 0.3) is 50.8 Å². The van der Waals surface area contributed by atoms with Crippen LogP contribution in [-0.4, -0.2) is 11.4 Å². The van der Waals surface area contributed by atoms with Crippen molar-refractivity contribution >= 4 is 65.7 Å². The van der Waals surface area contributed by atoms with Crippen molar-refractivity contribution in [2.24, 2.45) is 5.92 Å².